The summed E-state index contributed by atoms with van der Waals surface area (Å²) in [5.41, 5.74) is 3.26. The Balaban J connectivity index is 2.06. The van der Waals surface area contributed by atoms with Crippen molar-refractivity contribution in [3.8, 4) is 0 Å². The summed E-state index contributed by atoms with van der Waals surface area (Å²) < 4.78 is 7.74. The maximum Gasteiger partial charge on any atom is 0.134 e. The number of rotatable bonds is 3. The van der Waals surface area contributed by atoms with Gasteiger partial charge in [-0.15, -0.1) is 0 Å². The van der Waals surface area contributed by atoms with Crippen molar-refractivity contribution in [3.05, 3.63) is 53.5 Å². The zero-order chi connectivity index (χ0) is 13.4. The minimum absolute atomic E-state index is 0.0291. The van der Waals surface area contributed by atoms with Gasteiger partial charge in [0.2, 0.25) is 0 Å². The Bertz CT molecular complexity index is 711. The van der Waals surface area contributed by atoms with Gasteiger partial charge >= 0.3 is 0 Å². The lowest BCUT2D eigenvalue weighted by atomic mass is 10.1. The molecule has 2 aromatic heterocycles. The number of aromatic nitrogens is 2. The van der Waals surface area contributed by atoms with Gasteiger partial charge in [-0.05, 0) is 32.2 Å². The molecule has 1 aromatic carbocycles. The van der Waals surface area contributed by atoms with Crippen LogP contribution in [-0.4, -0.2) is 16.8 Å². The van der Waals surface area contributed by atoms with E-state index in [-0.39, 0.29) is 6.04 Å². The number of benzene rings is 1. The van der Waals surface area contributed by atoms with Crippen LogP contribution in [0.25, 0.3) is 11.0 Å². The molecule has 1 N–H and O–H groups in total. The van der Waals surface area contributed by atoms with Crippen LogP contribution in [0.1, 0.15) is 22.9 Å². The van der Waals surface area contributed by atoms with Crippen molar-refractivity contribution in [2.75, 3.05) is 7.05 Å². The standard InChI is InChI=1S/C15H17N3O/c1-10-4-5-13-11(6-10)7-14(19-13)15(16-2)12-8-17-18(3)9-12/h4-9,15-16H,1-3H3. The molecule has 0 aliphatic rings. The van der Waals surface area contributed by atoms with Crippen molar-refractivity contribution in [1.82, 2.24) is 15.1 Å². The van der Waals surface area contributed by atoms with Crippen LogP contribution in [0.15, 0.2) is 41.1 Å². The predicted molar refractivity (Wildman–Crippen MR) is 75.1 cm³/mol. The highest BCUT2D eigenvalue weighted by atomic mass is 16.3. The Morgan fingerprint density at radius 2 is 2.16 bits per heavy atom. The fourth-order valence-corrected chi connectivity index (χ4v) is 2.39. The van der Waals surface area contributed by atoms with E-state index >= 15 is 0 Å². The van der Waals surface area contributed by atoms with Crippen LogP contribution < -0.4 is 5.32 Å². The first kappa shape index (κ1) is 12.0. The van der Waals surface area contributed by atoms with Crippen LogP contribution in [0.2, 0.25) is 0 Å². The van der Waals surface area contributed by atoms with E-state index in [4.69, 9.17) is 4.42 Å². The molecule has 0 aliphatic heterocycles. The molecule has 0 spiro atoms. The topological polar surface area (TPSA) is 43.0 Å². The zero-order valence-corrected chi connectivity index (χ0v) is 11.3. The minimum atomic E-state index is 0.0291. The second kappa shape index (κ2) is 4.55. The quantitative estimate of drug-likeness (QED) is 0.782. The van der Waals surface area contributed by atoms with Gasteiger partial charge in [0.05, 0.1) is 12.2 Å². The molecule has 0 bridgehead atoms. The molecule has 4 heteroatoms. The largest absolute Gasteiger partial charge is 0.459 e. The summed E-state index contributed by atoms with van der Waals surface area (Å²) in [4.78, 5) is 0. The third-order valence-electron chi connectivity index (χ3n) is 3.32. The van der Waals surface area contributed by atoms with Gasteiger partial charge < -0.3 is 9.73 Å². The highest BCUT2D eigenvalue weighted by Gasteiger charge is 2.18. The number of nitrogens with zero attached hydrogens (tertiary/aromatic N) is 2. The summed E-state index contributed by atoms with van der Waals surface area (Å²) in [6.07, 6.45) is 3.86. The average molecular weight is 255 g/mol. The summed E-state index contributed by atoms with van der Waals surface area (Å²) in [5.74, 6) is 0.913. The highest BCUT2D eigenvalue weighted by molar-refractivity contribution is 5.78. The predicted octanol–water partition coefficient (Wildman–Crippen LogP) is 2.78. The number of hydrogen-bond donors (Lipinski definition) is 1. The molecular weight excluding hydrogens is 238 g/mol. The minimum Gasteiger partial charge on any atom is -0.459 e. The third-order valence-corrected chi connectivity index (χ3v) is 3.32. The van der Waals surface area contributed by atoms with E-state index in [2.05, 4.69) is 35.5 Å². The van der Waals surface area contributed by atoms with Crippen LogP contribution in [0.3, 0.4) is 0 Å². The Labute approximate surface area is 112 Å². The molecule has 19 heavy (non-hydrogen) atoms. The van der Waals surface area contributed by atoms with Gasteiger partial charge in [0.25, 0.3) is 0 Å². The van der Waals surface area contributed by atoms with Crippen LogP contribution in [0.4, 0.5) is 0 Å². The summed E-state index contributed by atoms with van der Waals surface area (Å²) in [5, 5.41) is 8.63. The molecule has 3 rings (SSSR count). The number of nitrogens with one attached hydrogen (secondary N) is 1. The normalized spacial score (nSPS) is 13.0. The average Bonchev–Trinajstić information content (AvgIpc) is 2.96. The first-order valence-electron chi connectivity index (χ1n) is 6.33. The van der Waals surface area contributed by atoms with Crippen molar-refractivity contribution < 1.29 is 4.42 Å². The van der Waals surface area contributed by atoms with Crippen LogP contribution in [-0.2, 0) is 7.05 Å². The molecule has 1 unspecified atom stereocenters. The molecule has 0 aliphatic carbocycles. The van der Waals surface area contributed by atoms with Crippen molar-refractivity contribution >= 4 is 11.0 Å². The molecule has 2 heterocycles. The molecule has 3 aromatic rings. The summed E-state index contributed by atoms with van der Waals surface area (Å²) in [6, 6.07) is 8.34. The molecule has 1 atom stereocenters. The lowest BCUT2D eigenvalue weighted by Gasteiger charge is -2.10. The van der Waals surface area contributed by atoms with Gasteiger partial charge in [-0.25, -0.2) is 0 Å². The number of hydrogen-bond acceptors (Lipinski definition) is 3. The third kappa shape index (κ3) is 2.15. The van der Waals surface area contributed by atoms with Crippen molar-refractivity contribution in [1.29, 1.82) is 0 Å². The van der Waals surface area contributed by atoms with Crippen LogP contribution in [0, 0.1) is 6.92 Å². The highest BCUT2D eigenvalue weighted by Crippen LogP contribution is 2.28. The van der Waals surface area contributed by atoms with Gasteiger partial charge in [0, 0.05) is 24.2 Å². The summed E-state index contributed by atoms with van der Waals surface area (Å²) in [6.45, 7) is 2.09. The van der Waals surface area contributed by atoms with Gasteiger partial charge in [-0.3, -0.25) is 4.68 Å². The maximum atomic E-state index is 5.94. The fourth-order valence-electron chi connectivity index (χ4n) is 2.39. The Hall–Kier alpha value is -2.07. The van der Waals surface area contributed by atoms with Gasteiger partial charge in [0.15, 0.2) is 0 Å². The van der Waals surface area contributed by atoms with Gasteiger partial charge in [-0.1, -0.05) is 11.6 Å². The molecule has 98 valence electrons. The van der Waals surface area contributed by atoms with Gasteiger partial charge in [0.1, 0.15) is 11.3 Å². The second-order valence-corrected chi connectivity index (χ2v) is 4.86. The Morgan fingerprint density at radius 3 is 2.84 bits per heavy atom. The Kier molecular flexibility index (Phi) is 2.87. The smallest absolute Gasteiger partial charge is 0.134 e. The molecule has 4 nitrogen and oxygen atoms in total. The summed E-state index contributed by atoms with van der Waals surface area (Å²) >= 11 is 0. The second-order valence-electron chi connectivity index (χ2n) is 4.86. The first-order valence-corrected chi connectivity index (χ1v) is 6.33. The summed E-state index contributed by atoms with van der Waals surface area (Å²) in [7, 11) is 3.84. The van der Waals surface area contributed by atoms with E-state index in [0.29, 0.717) is 0 Å². The molecule has 0 amide bonds. The van der Waals surface area contributed by atoms with Gasteiger partial charge in [-0.2, -0.15) is 5.10 Å². The number of fused-ring (bicyclic) bond motifs is 1. The molecule has 0 fully saturated rings. The van der Waals surface area contributed by atoms with Crippen LogP contribution >= 0.6 is 0 Å². The Morgan fingerprint density at radius 1 is 1.32 bits per heavy atom. The van der Waals surface area contributed by atoms with E-state index in [1.54, 1.807) is 4.68 Å². The number of furan rings is 1. The van der Waals surface area contributed by atoms with Crippen molar-refractivity contribution in [3.63, 3.8) is 0 Å². The van der Waals surface area contributed by atoms with E-state index in [9.17, 15) is 0 Å². The van der Waals surface area contributed by atoms with Crippen molar-refractivity contribution in [2.24, 2.45) is 7.05 Å². The lowest BCUT2D eigenvalue weighted by molar-refractivity contribution is 0.491. The van der Waals surface area contributed by atoms with Crippen LogP contribution in [0.5, 0.6) is 0 Å². The fraction of sp³-hybridized carbons (Fsp3) is 0.267. The van der Waals surface area contributed by atoms with Crippen molar-refractivity contribution in [2.45, 2.75) is 13.0 Å². The van der Waals surface area contributed by atoms with E-state index in [1.165, 1.54) is 5.56 Å². The molecular formula is C15H17N3O. The first-order chi connectivity index (χ1) is 9.17. The molecule has 0 radical (unpaired) electrons. The molecule has 0 saturated heterocycles. The monoisotopic (exact) mass is 255 g/mol. The van der Waals surface area contributed by atoms with E-state index in [1.807, 2.05) is 32.6 Å². The molecule has 0 saturated carbocycles. The lowest BCUT2D eigenvalue weighted by Crippen LogP contribution is -2.16. The van der Waals surface area contributed by atoms with E-state index < -0.39 is 0 Å². The van der Waals surface area contributed by atoms with E-state index in [0.717, 1.165) is 22.3 Å². The SMILES string of the molecule is CNC(c1cnn(C)c1)c1cc2cc(C)ccc2o1. The zero-order valence-electron chi connectivity index (χ0n) is 11.3. The maximum absolute atomic E-state index is 5.94. The number of aryl methyl sites for hydroxylation is 2.